The predicted molar refractivity (Wildman–Crippen MR) is 102 cm³/mol. The second-order valence-corrected chi connectivity index (χ2v) is 6.72. The van der Waals surface area contributed by atoms with Crippen LogP contribution in [0.4, 0.5) is 0 Å². The fraction of sp³-hybridized carbons (Fsp3) is 0.250. The van der Waals surface area contributed by atoms with Gasteiger partial charge in [-0.25, -0.2) is 0 Å². The molecule has 0 spiro atoms. The Bertz CT molecular complexity index is 830. The van der Waals surface area contributed by atoms with Gasteiger partial charge in [-0.1, -0.05) is 30.3 Å². The lowest BCUT2D eigenvalue weighted by atomic mass is 10.0. The molecule has 2 N–H and O–H groups in total. The van der Waals surface area contributed by atoms with Gasteiger partial charge in [0, 0.05) is 48.9 Å². The summed E-state index contributed by atoms with van der Waals surface area (Å²) in [5, 5.41) is 20.6. The van der Waals surface area contributed by atoms with Crippen LogP contribution in [0.2, 0.25) is 5.02 Å². The average molecular weight is 373 g/mol. The van der Waals surface area contributed by atoms with E-state index in [1.54, 1.807) is 23.1 Å². The first-order valence-electron chi connectivity index (χ1n) is 8.42. The Labute approximate surface area is 157 Å². The Hall–Kier alpha value is -2.50. The molecule has 2 aromatic rings. The number of hydrogen-bond acceptors (Lipinski definition) is 4. The fourth-order valence-electron chi connectivity index (χ4n) is 3.10. The van der Waals surface area contributed by atoms with Gasteiger partial charge >= 0.3 is 0 Å². The van der Waals surface area contributed by atoms with E-state index in [9.17, 15) is 15.0 Å². The van der Waals surface area contributed by atoms with Gasteiger partial charge in [-0.05, 0) is 35.9 Å². The van der Waals surface area contributed by atoms with E-state index in [2.05, 4.69) is 11.5 Å². The Morgan fingerprint density at radius 3 is 2.50 bits per heavy atom. The van der Waals surface area contributed by atoms with Crippen LogP contribution in [0.5, 0.6) is 11.5 Å². The third kappa shape index (κ3) is 4.00. The molecule has 1 amide bonds. The third-order valence-electron chi connectivity index (χ3n) is 4.60. The molecular weight excluding hydrogens is 352 g/mol. The number of nitrogens with zero attached hydrogens (tertiary/aromatic N) is 2. The topological polar surface area (TPSA) is 64.0 Å². The monoisotopic (exact) mass is 372 g/mol. The van der Waals surface area contributed by atoms with Crippen molar-refractivity contribution in [2.45, 2.75) is 6.54 Å². The number of rotatable bonds is 4. The predicted octanol–water partition coefficient (Wildman–Crippen LogP) is 3.25. The first-order chi connectivity index (χ1) is 12.5. The van der Waals surface area contributed by atoms with Crippen LogP contribution in [-0.4, -0.2) is 52.1 Å². The van der Waals surface area contributed by atoms with Crippen molar-refractivity contribution in [3.8, 4) is 22.6 Å². The molecule has 5 nitrogen and oxygen atoms in total. The van der Waals surface area contributed by atoms with Gasteiger partial charge in [0.1, 0.15) is 11.5 Å². The molecule has 3 rings (SSSR count). The Morgan fingerprint density at radius 2 is 1.85 bits per heavy atom. The molecular formula is C20H21ClN2O3. The molecule has 0 unspecified atom stereocenters. The van der Waals surface area contributed by atoms with Crippen LogP contribution in [0.15, 0.2) is 49.1 Å². The minimum absolute atomic E-state index is 0.0418. The molecule has 136 valence electrons. The Balaban J connectivity index is 1.70. The molecule has 2 aromatic carbocycles. The highest BCUT2D eigenvalue weighted by Gasteiger charge is 2.20. The van der Waals surface area contributed by atoms with Gasteiger partial charge in [-0.3, -0.25) is 9.69 Å². The number of piperazine rings is 1. The number of phenolic OH excluding ortho intramolecular Hbond substituents is 2. The molecule has 26 heavy (non-hydrogen) atoms. The van der Waals surface area contributed by atoms with Crippen molar-refractivity contribution in [2.75, 3.05) is 26.2 Å². The van der Waals surface area contributed by atoms with E-state index in [1.807, 2.05) is 12.1 Å². The van der Waals surface area contributed by atoms with Gasteiger partial charge in [0.2, 0.25) is 5.91 Å². The SMILES string of the molecule is C=CC(=O)N1CCN(Cc2ccc(-c3cc(O)ccc3Cl)cc2O)CC1. The molecule has 1 heterocycles. The molecule has 6 heteroatoms. The van der Waals surface area contributed by atoms with Crippen molar-refractivity contribution >= 4 is 17.5 Å². The lowest BCUT2D eigenvalue weighted by Crippen LogP contribution is -2.47. The second kappa shape index (κ2) is 7.81. The first-order valence-corrected chi connectivity index (χ1v) is 8.80. The maximum atomic E-state index is 11.6. The molecule has 1 fully saturated rings. The van der Waals surface area contributed by atoms with E-state index in [1.165, 1.54) is 12.1 Å². The van der Waals surface area contributed by atoms with Gasteiger partial charge in [0.05, 0.1) is 0 Å². The van der Waals surface area contributed by atoms with Gasteiger partial charge < -0.3 is 15.1 Å². The number of phenols is 2. The molecule has 0 radical (unpaired) electrons. The number of amides is 1. The molecule has 0 bridgehead atoms. The standard InChI is InChI=1S/C20H21ClN2O3/c1-2-20(26)23-9-7-22(8-10-23)13-15-4-3-14(11-19(15)25)17-12-16(24)5-6-18(17)21/h2-6,11-12,24-25H,1,7-10,13H2. The highest BCUT2D eigenvalue weighted by molar-refractivity contribution is 6.33. The van der Waals surface area contributed by atoms with Crippen LogP contribution in [-0.2, 0) is 11.3 Å². The van der Waals surface area contributed by atoms with E-state index in [-0.39, 0.29) is 17.4 Å². The van der Waals surface area contributed by atoms with Crippen molar-refractivity contribution < 1.29 is 15.0 Å². The summed E-state index contributed by atoms with van der Waals surface area (Å²) >= 11 is 6.19. The van der Waals surface area contributed by atoms with E-state index in [4.69, 9.17) is 11.6 Å². The smallest absolute Gasteiger partial charge is 0.246 e. The Morgan fingerprint density at radius 1 is 1.12 bits per heavy atom. The van der Waals surface area contributed by atoms with Gasteiger partial charge in [0.25, 0.3) is 0 Å². The molecule has 0 atom stereocenters. The number of benzene rings is 2. The Kier molecular flexibility index (Phi) is 5.49. The summed E-state index contributed by atoms with van der Waals surface area (Å²) in [6, 6.07) is 10.1. The van der Waals surface area contributed by atoms with E-state index >= 15 is 0 Å². The molecule has 0 saturated carbocycles. The molecule has 1 saturated heterocycles. The highest BCUT2D eigenvalue weighted by atomic mass is 35.5. The second-order valence-electron chi connectivity index (χ2n) is 6.31. The van der Waals surface area contributed by atoms with Gasteiger partial charge in [-0.2, -0.15) is 0 Å². The molecule has 1 aliphatic heterocycles. The van der Waals surface area contributed by atoms with Crippen LogP contribution in [0, 0.1) is 0 Å². The van der Waals surface area contributed by atoms with Gasteiger partial charge in [0.15, 0.2) is 0 Å². The number of hydrogen-bond donors (Lipinski definition) is 2. The van der Waals surface area contributed by atoms with Crippen molar-refractivity contribution in [2.24, 2.45) is 0 Å². The minimum atomic E-state index is -0.0418. The van der Waals surface area contributed by atoms with Crippen LogP contribution in [0.3, 0.4) is 0 Å². The largest absolute Gasteiger partial charge is 0.508 e. The first kappa shape index (κ1) is 18.3. The van der Waals surface area contributed by atoms with Crippen molar-refractivity contribution in [3.63, 3.8) is 0 Å². The maximum Gasteiger partial charge on any atom is 0.246 e. The summed E-state index contributed by atoms with van der Waals surface area (Å²) in [6.07, 6.45) is 1.34. The summed E-state index contributed by atoms with van der Waals surface area (Å²) in [5.41, 5.74) is 2.23. The summed E-state index contributed by atoms with van der Waals surface area (Å²) in [4.78, 5) is 15.6. The third-order valence-corrected chi connectivity index (χ3v) is 4.93. The quantitative estimate of drug-likeness (QED) is 0.809. The number of carbonyl (C=O) groups is 1. The van der Waals surface area contributed by atoms with Crippen LogP contribution in [0.1, 0.15) is 5.56 Å². The zero-order chi connectivity index (χ0) is 18.7. The van der Waals surface area contributed by atoms with Crippen LogP contribution < -0.4 is 0 Å². The minimum Gasteiger partial charge on any atom is -0.508 e. The van der Waals surface area contributed by atoms with E-state index in [0.717, 1.165) is 24.2 Å². The molecule has 0 aromatic heterocycles. The fourth-order valence-corrected chi connectivity index (χ4v) is 3.32. The molecule has 1 aliphatic rings. The zero-order valence-electron chi connectivity index (χ0n) is 14.4. The van der Waals surface area contributed by atoms with Crippen molar-refractivity contribution in [3.05, 3.63) is 59.6 Å². The average Bonchev–Trinajstić information content (AvgIpc) is 2.65. The van der Waals surface area contributed by atoms with E-state index < -0.39 is 0 Å². The number of carbonyl (C=O) groups excluding carboxylic acids is 1. The summed E-state index contributed by atoms with van der Waals surface area (Å²) < 4.78 is 0. The summed E-state index contributed by atoms with van der Waals surface area (Å²) in [5.74, 6) is 0.270. The lowest BCUT2D eigenvalue weighted by molar-refractivity contribution is -0.127. The number of halogens is 1. The number of aromatic hydroxyl groups is 2. The van der Waals surface area contributed by atoms with Crippen LogP contribution >= 0.6 is 11.6 Å². The lowest BCUT2D eigenvalue weighted by Gasteiger charge is -2.34. The normalized spacial score (nSPS) is 15.0. The van der Waals surface area contributed by atoms with Crippen molar-refractivity contribution in [1.82, 2.24) is 9.80 Å². The van der Waals surface area contributed by atoms with E-state index in [0.29, 0.717) is 30.2 Å². The zero-order valence-corrected chi connectivity index (χ0v) is 15.1. The highest BCUT2D eigenvalue weighted by Crippen LogP contribution is 2.34. The maximum absolute atomic E-state index is 11.6. The van der Waals surface area contributed by atoms with Gasteiger partial charge in [-0.15, -0.1) is 0 Å². The van der Waals surface area contributed by atoms with Crippen molar-refractivity contribution in [1.29, 1.82) is 0 Å². The summed E-state index contributed by atoms with van der Waals surface area (Å²) in [7, 11) is 0. The molecule has 0 aliphatic carbocycles. The van der Waals surface area contributed by atoms with Crippen LogP contribution in [0.25, 0.3) is 11.1 Å². The summed E-state index contributed by atoms with van der Waals surface area (Å²) in [6.45, 7) is 6.93.